The third kappa shape index (κ3) is 2.12. The van der Waals surface area contributed by atoms with Gasteiger partial charge in [0.2, 0.25) is 0 Å². The van der Waals surface area contributed by atoms with E-state index < -0.39 is 17.9 Å². The standard InChI is InChI=1S/C7H6BrF3N2/c8-2-5-6(9)3(12)1-4(13-5)7(10)11/h1,7H,2H2,(H2,12,13). The van der Waals surface area contributed by atoms with Gasteiger partial charge in [0, 0.05) is 5.33 Å². The van der Waals surface area contributed by atoms with Gasteiger partial charge in [-0.25, -0.2) is 18.2 Å². The van der Waals surface area contributed by atoms with Gasteiger partial charge in [-0.15, -0.1) is 0 Å². The molecular formula is C7H6BrF3N2. The van der Waals surface area contributed by atoms with E-state index in [4.69, 9.17) is 5.73 Å². The van der Waals surface area contributed by atoms with Crippen LogP contribution in [0.2, 0.25) is 0 Å². The summed E-state index contributed by atoms with van der Waals surface area (Å²) >= 11 is 2.92. The molecule has 0 saturated heterocycles. The fourth-order valence-corrected chi connectivity index (χ4v) is 1.20. The average Bonchev–Trinajstić information content (AvgIpc) is 2.09. The first-order chi connectivity index (χ1) is 6.06. The van der Waals surface area contributed by atoms with Gasteiger partial charge in [-0.3, -0.25) is 0 Å². The second-order valence-corrected chi connectivity index (χ2v) is 2.89. The van der Waals surface area contributed by atoms with Gasteiger partial charge in [0.1, 0.15) is 5.69 Å². The summed E-state index contributed by atoms with van der Waals surface area (Å²) in [6, 6.07) is 0.839. The van der Waals surface area contributed by atoms with Crippen molar-refractivity contribution in [3.63, 3.8) is 0 Å². The Bertz CT molecular complexity index is 317. The third-order valence-corrected chi connectivity index (χ3v) is 1.96. The van der Waals surface area contributed by atoms with Crippen LogP contribution in [0, 0.1) is 5.82 Å². The van der Waals surface area contributed by atoms with E-state index in [1.54, 1.807) is 0 Å². The molecule has 0 aliphatic carbocycles. The van der Waals surface area contributed by atoms with Gasteiger partial charge < -0.3 is 5.73 Å². The van der Waals surface area contributed by atoms with E-state index in [0.29, 0.717) is 0 Å². The minimum Gasteiger partial charge on any atom is -0.396 e. The zero-order valence-corrected chi connectivity index (χ0v) is 7.98. The minimum absolute atomic E-state index is 0.0591. The fourth-order valence-electron chi connectivity index (χ4n) is 0.827. The summed E-state index contributed by atoms with van der Waals surface area (Å²) < 4.78 is 37.3. The zero-order valence-electron chi connectivity index (χ0n) is 6.40. The quantitative estimate of drug-likeness (QED) is 0.825. The van der Waals surface area contributed by atoms with Crippen LogP contribution in [0.4, 0.5) is 18.9 Å². The van der Waals surface area contributed by atoms with Crippen molar-refractivity contribution < 1.29 is 13.2 Å². The Morgan fingerprint density at radius 1 is 1.54 bits per heavy atom. The van der Waals surface area contributed by atoms with Crippen molar-refractivity contribution in [1.29, 1.82) is 0 Å². The van der Waals surface area contributed by atoms with Gasteiger partial charge in [-0.1, -0.05) is 15.9 Å². The Kier molecular flexibility index (Phi) is 3.13. The smallest absolute Gasteiger partial charge is 0.280 e. The molecule has 2 nitrogen and oxygen atoms in total. The highest BCUT2D eigenvalue weighted by Gasteiger charge is 2.15. The lowest BCUT2D eigenvalue weighted by molar-refractivity contribution is 0.145. The summed E-state index contributed by atoms with van der Waals surface area (Å²) in [5.74, 6) is -0.749. The molecule has 0 saturated carbocycles. The number of hydrogen-bond acceptors (Lipinski definition) is 2. The minimum atomic E-state index is -2.74. The topological polar surface area (TPSA) is 38.9 Å². The molecule has 0 atom stereocenters. The van der Waals surface area contributed by atoms with Gasteiger partial charge in [-0.05, 0) is 6.07 Å². The van der Waals surface area contributed by atoms with Crippen LogP contribution in [0.5, 0.6) is 0 Å². The van der Waals surface area contributed by atoms with Crippen LogP contribution in [0.15, 0.2) is 6.07 Å². The maximum Gasteiger partial charge on any atom is 0.280 e. The molecule has 0 aliphatic rings. The van der Waals surface area contributed by atoms with Crippen molar-refractivity contribution in [3.05, 3.63) is 23.3 Å². The maximum absolute atomic E-state index is 13.0. The van der Waals surface area contributed by atoms with Crippen LogP contribution in [0.1, 0.15) is 17.8 Å². The van der Waals surface area contributed by atoms with E-state index in [2.05, 4.69) is 20.9 Å². The van der Waals surface area contributed by atoms with E-state index in [1.165, 1.54) is 0 Å². The van der Waals surface area contributed by atoms with Gasteiger partial charge >= 0.3 is 0 Å². The highest BCUT2D eigenvalue weighted by Crippen LogP contribution is 2.23. The average molecular weight is 255 g/mol. The molecule has 6 heteroatoms. The van der Waals surface area contributed by atoms with E-state index in [0.717, 1.165) is 6.07 Å². The van der Waals surface area contributed by atoms with Gasteiger partial charge in [0.15, 0.2) is 5.82 Å². The molecule has 0 aliphatic heterocycles. The van der Waals surface area contributed by atoms with Crippen LogP contribution in [-0.2, 0) is 5.33 Å². The normalized spacial score (nSPS) is 10.8. The van der Waals surface area contributed by atoms with Crippen LogP contribution in [0.25, 0.3) is 0 Å². The maximum atomic E-state index is 13.0. The van der Waals surface area contributed by atoms with Gasteiger partial charge in [0.05, 0.1) is 11.4 Å². The molecule has 72 valence electrons. The summed E-state index contributed by atoms with van der Waals surface area (Å²) in [5, 5.41) is 0.0591. The van der Waals surface area contributed by atoms with Crippen molar-refractivity contribution in [2.45, 2.75) is 11.8 Å². The lowest BCUT2D eigenvalue weighted by Crippen LogP contribution is -2.02. The molecule has 13 heavy (non-hydrogen) atoms. The second-order valence-electron chi connectivity index (χ2n) is 2.33. The molecule has 2 N–H and O–H groups in total. The summed E-state index contributed by atoms with van der Waals surface area (Å²) in [6.45, 7) is 0. The number of nitrogens with two attached hydrogens (primary N) is 1. The first-order valence-electron chi connectivity index (χ1n) is 3.35. The molecular weight excluding hydrogens is 249 g/mol. The molecule has 0 spiro atoms. The van der Waals surface area contributed by atoms with E-state index >= 15 is 0 Å². The molecule has 1 heterocycles. The van der Waals surface area contributed by atoms with Crippen LogP contribution >= 0.6 is 15.9 Å². The Morgan fingerprint density at radius 3 is 2.62 bits per heavy atom. The Labute approximate surface area is 81.1 Å². The first kappa shape index (κ1) is 10.3. The summed E-state index contributed by atoms with van der Waals surface area (Å²) in [7, 11) is 0. The van der Waals surface area contributed by atoms with Crippen LogP contribution in [-0.4, -0.2) is 4.98 Å². The SMILES string of the molecule is Nc1cc(C(F)F)nc(CBr)c1F. The predicted octanol–water partition coefficient (Wildman–Crippen LogP) is 2.64. The number of hydrogen-bond donors (Lipinski definition) is 1. The first-order valence-corrected chi connectivity index (χ1v) is 4.47. The summed E-state index contributed by atoms with van der Waals surface area (Å²) in [5.41, 5.74) is 4.25. The highest BCUT2D eigenvalue weighted by molar-refractivity contribution is 9.08. The number of nitrogens with zero attached hydrogens (tertiary/aromatic N) is 1. The number of nitrogen functional groups attached to an aromatic ring is 1. The molecule has 1 rings (SSSR count). The molecule has 0 amide bonds. The van der Waals surface area contributed by atoms with Crippen LogP contribution < -0.4 is 5.73 Å². The second kappa shape index (κ2) is 3.95. The van der Waals surface area contributed by atoms with E-state index in [9.17, 15) is 13.2 Å². The van der Waals surface area contributed by atoms with Gasteiger partial charge in [0.25, 0.3) is 6.43 Å². The number of alkyl halides is 3. The number of halogens is 4. The summed E-state index contributed by atoms with van der Waals surface area (Å²) in [6.07, 6.45) is -2.74. The molecule has 0 radical (unpaired) electrons. The monoisotopic (exact) mass is 254 g/mol. The molecule has 0 fully saturated rings. The fraction of sp³-hybridized carbons (Fsp3) is 0.286. The highest BCUT2D eigenvalue weighted by atomic mass is 79.9. The molecule has 0 aromatic carbocycles. The predicted molar refractivity (Wildman–Crippen MR) is 46.2 cm³/mol. The molecule has 1 aromatic heterocycles. The van der Waals surface area contributed by atoms with E-state index in [-0.39, 0.29) is 16.7 Å². The van der Waals surface area contributed by atoms with Crippen molar-refractivity contribution in [1.82, 2.24) is 4.98 Å². The molecule has 1 aromatic rings. The third-order valence-electron chi connectivity index (χ3n) is 1.42. The van der Waals surface area contributed by atoms with Crippen LogP contribution in [0.3, 0.4) is 0 Å². The molecule has 0 bridgehead atoms. The number of aromatic nitrogens is 1. The van der Waals surface area contributed by atoms with Gasteiger partial charge in [-0.2, -0.15) is 0 Å². The lowest BCUT2D eigenvalue weighted by Gasteiger charge is -2.05. The van der Waals surface area contributed by atoms with E-state index in [1.807, 2.05) is 0 Å². The zero-order chi connectivity index (χ0) is 10.0. The summed E-state index contributed by atoms with van der Waals surface area (Å²) in [4.78, 5) is 3.40. The van der Waals surface area contributed by atoms with Crippen molar-refractivity contribution in [2.75, 3.05) is 5.73 Å². The van der Waals surface area contributed by atoms with Crippen molar-refractivity contribution in [2.24, 2.45) is 0 Å². The van der Waals surface area contributed by atoms with Crippen molar-refractivity contribution >= 4 is 21.6 Å². The number of pyridine rings is 1. The number of rotatable bonds is 2. The molecule has 0 unspecified atom stereocenters. The Morgan fingerprint density at radius 2 is 2.15 bits per heavy atom. The Hall–Kier alpha value is -0.780. The lowest BCUT2D eigenvalue weighted by atomic mass is 10.2. The number of anilines is 1. The Balaban J connectivity index is 3.22. The van der Waals surface area contributed by atoms with Crippen molar-refractivity contribution in [3.8, 4) is 0 Å². The largest absolute Gasteiger partial charge is 0.396 e.